The Hall–Kier alpha value is -2.24. The predicted molar refractivity (Wildman–Crippen MR) is 101 cm³/mol. The molecule has 1 fully saturated rings. The normalized spacial score (nSPS) is 18.3. The first-order chi connectivity index (χ1) is 12.7. The van der Waals surface area contributed by atoms with E-state index >= 15 is 0 Å². The highest BCUT2D eigenvalue weighted by Gasteiger charge is 2.27. The molecule has 0 bridgehead atoms. The fraction of sp³-hybridized carbons (Fsp3) is 0.381. The van der Waals surface area contributed by atoms with Crippen LogP contribution in [0.5, 0.6) is 0 Å². The van der Waals surface area contributed by atoms with E-state index in [1.807, 2.05) is 41.3 Å². The van der Waals surface area contributed by atoms with Crippen LogP contribution in [-0.4, -0.2) is 55.0 Å². The van der Waals surface area contributed by atoms with Crippen molar-refractivity contribution in [1.29, 1.82) is 0 Å². The van der Waals surface area contributed by atoms with Gasteiger partial charge in [-0.25, -0.2) is 4.39 Å². The molecule has 0 unspecified atom stereocenters. The predicted octanol–water partition coefficient (Wildman–Crippen LogP) is 2.53. The number of amides is 1. The molecule has 0 saturated carbocycles. The van der Waals surface area contributed by atoms with Crippen molar-refractivity contribution in [2.24, 2.45) is 0 Å². The Bertz CT molecular complexity index is 769. The Kier molecular flexibility index (Phi) is 5.00. The lowest BCUT2D eigenvalue weighted by Gasteiger charge is -2.35. The monoisotopic (exact) mass is 353 g/mol. The molecule has 0 spiro atoms. The van der Waals surface area contributed by atoms with E-state index in [4.69, 9.17) is 0 Å². The van der Waals surface area contributed by atoms with Gasteiger partial charge in [0.15, 0.2) is 0 Å². The van der Waals surface area contributed by atoms with Gasteiger partial charge in [-0.3, -0.25) is 14.6 Å². The zero-order valence-electron chi connectivity index (χ0n) is 14.9. The van der Waals surface area contributed by atoms with Gasteiger partial charge in [-0.2, -0.15) is 0 Å². The molecule has 136 valence electrons. The van der Waals surface area contributed by atoms with Gasteiger partial charge in [0.1, 0.15) is 5.82 Å². The Morgan fingerprint density at radius 1 is 0.846 bits per heavy atom. The topological polar surface area (TPSA) is 26.8 Å². The highest BCUT2D eigenvalue weighted by atomic mass is 19.1. The lowest BCUT2D eigenvalue weighted by molar-refractivity contribution is -0.117. The van der Waals surface area contributed by atoms with Gasteiger partial charge in [-0.1, -0.05) is 30.3 Å². The minimum Gasteiger partial charge on any atom is -0.311 e. The maximum absolute atomic E-state index is 13.0. The molecule has 2 heterocycles. The van der Waals surface area contributed by atoms with Crippen molar-refractivity contribution in [2.45, 2.75) is 13.0 Å². The van der Waals surface area contributed by atoms with E-state index in [9.17, 15) is 9.18 Å². The van der Waals surface area contributed by atoms with Crippen LogP contribution in [0, 0.1) is 5.82 Å². The molecule has 2 aromatic rings. The number of nitrogens with zero attached hydrogens (tertiary/aromatic N) is 3. The molecule has 1 amide bonds. The first-order valence-electron chi connectivity index (χ1n) is 9.26. The van der Waals surface area contributed by atoms with Crippen molar-refractivity contribution < 1.29 is 9.18 Å². The summed E-state index contributed by atoms with van der Waals surface area (Å²) in [5.41, 5.74) is 3.37. The summed E-state index contributed by atoms with van der Waals surface area (Å²) in [5.74, 6) is 0.0257. The second-order valence-corrected chi connectivity index (χ2v) is 7.10. The van der Waals surface area contributed by atoms with E-state index in [0.29, 0.717) is 6.42 Å². The molecule has 0 atom stereocenters. The van der Waals surface area contributed by atoms with E-state index in [-0.39, 0.29) is 11.7 Å². The van der Waals surface area contributed by atoms with Crippen molar-refractivity contribution in [3.8, 4) is 0 Å². The number of hydrogen-bond donors (Lipinski definition) is 0. The van der Waals surface area contributed by atoms with E-state index in [1.54, 1.807) is 0 Å². The second-order valence-electron chi connectivity index (χ2n) is 7.10. The van der Waals surface area contributed by atoms with Gasteiger partial charge in [0, 0.05) is 51.5 Å². The molecule has 5 heteroatoms. The maximum atomic E-state index is 13.0. The van der Waals surface area contributed by atoms with Crippen LogP contribution in [0.1, 0.15) is 11.1 Å². The third-order valence-electron chi connectivity index (χ3n) is 5.35. The van der Waals surface area contributed by atoms with Crippen LogP contribution in [0.2, 0.25) is 0 Å². The Morgan fingerprint density at radius 3 is 2.31 bits per heavy atom. The van der Waals surface area contributed by atoms with Gasteiger partial charge in [-0.05, 0) is 29.3 Å². The van der Waals surface area contributed by atoms with E-state index in [1.165, 1.54) is 12.1 Å². The van der Waals surface area contributed by atoms with Crippen LogP contribution in [0.4, 0.5) is 10.1 Å². The molecule has 0 radical (unpaired) electrons. The van der Waals surface area contributed by atoms with Crippen LogP contribution in [0.15, 0.2) is 48.5 Å². The second kappa shape index (κ2) is 7.56. The summed E-state index contributed by atoms with van der Waals surface area (Å²) in [5, 5.41) is 0. The molecule has 0 N–H and O–H groups in total. The maximum Gasteiger partial charge on any atom is 0.231 e. The zero-order valence-corrected chi connectivity index (χ0v) is 14.9. The van der Waals surface area contributed by atoms with Crippen LogP contribution in [-0.2, 0) is 17.8 Å². The summed E-state index contributed by atoms with van der Waals surface area (Å²) in [6.07, 6.45) is 0.529. The van der Waals surface area contributed by atoms with Crippen LogP contribution in [0.25, 0.3) is 0 Å². The largest absolute Gasteiger partial charge is 0.311 e. The summed E-state index contributed by atoms with van der Waals surface area (Å²) in [4.78, 5) is 19.0. The standard InChI is InChI=1S/C21H24FN3O/c22-19-7-5-17(6-8-19)16-24-11-9-23(10-12-24)13-14-25-20-4-2-1-3-18(20)15-21(25)26/h1-8H,9-16H2. The van der Waals surface area contributed by atoms with Gasteiger partial charge >= 0.3 is 0 Å². The number of carbonyl (C=O) groups is 1. The van der Waals surface area contributed by atoms with Crippen molar-refractivity contribution in [3.63, 3.8) is 0 Å². The Labute approximate surface area is 153 Å². The third kappa shape index (κ3) is 3.79. The molecule has 2 aliphatic heterocycles. The van der Waals surface area contributed by atoms with E-state index in [0.717, 1.165) is 62.6 Å². The van der Waals surface area contributed by atoms with E-state index < -0.39 is 0 Å². The molecular formula is C21H24FN3O. The highest BCUT2D eigenvalue weighted by Crippen LogP contribution is 2.28. The van der Waals surface area contributed by atoms with Gasteiger partial charge in [0.05, 0.1) is 6.42 Å². The first-order valence-corrected chi connectivity index (χ1v) is 9.26. The molecule has 0 aliphatic carbocycles. The fourth-order valence-corrected chi connectivity index (χ4v) is 3.82. The van der Waals surface area contributed by atoms with E-state index in [2.05, 4.69) is 9.80 Å². The number of rotatable bonds is 5. The number of piperazine rings is 1. The third-order valence-corrected chi connectivity index (χ3v) is 5.35. The quantitative estimate of drug-likeness (QED) is 0.827. The van der Waals surface area contributed by atoms with Gasteiger partial charge in [0.2, 0.25) is 5.91 Å². The van der Waals surface area contributed by atoms with Crippen molar-refractivity contribution >= 4 is 11.6 Å². The summed E-state index contributed by atoms with van der Waals surface area (Å²) in [6, 6.07) is 14.8. The van der Waals surface area contributed by atoms with Gasteiger partial charge < -0.3 is 4.90 Å². The molecule has 4 nitrogen and oxygen atoms in total. The number of carbonyl (C=O) groups excluding carboxylic acids is 1. The summed E-state index contributed by atoms with van der Waals surface area (Å²) in [7, 11) is 0. The Morgan fingerprint density at radius 2 is 1.54 bits per heavy atom. The number of para-hydroxylation sites is 1. The zero-order chi connectivity index (χ0) is 17.9. The summed E-state index contributed by atoms with van der Waals surface area (Å²) in [6.45, 7) is 6.55. The minimum absolute atomic E-state index is 0.184. The van der Waals surface area contributed by atoms with Crippen LogP contribution < -0.4 is 4.90 Å². The number of hydrogen-bond acceptors (Lipinski definition) is 3. The molecule has 0 aromatic heterocycles. The lowest BCUT2D eigenvalue weighted by Crippen LogP contribution is -2.48. The number of anilines is 1. The highest BCUT2D eigenvalue weighted by molar-refractivity contribution is 6.01. The van der Waals surface area contributed by atoms with Crippen LogP contribution >= 0.6 is 0 Å². The lowest BCUT2D eigenvalue weighted by atomic mass is 10.2. The molecule has 2 aromatic carbocycles. The van der Waals surface area contributed by atoms with Crippen LogP contribution in [0.3, 0.4) is 0 Å². The molecule has 2 aliphatic rings. The van der Waals surface area contributed by atoms with Gasteiger partial charge in [-0.15, -0.1) is 0 Å². The minimum atomic E-state index is -0.184. The molecule has 4 rings (SSSR count). The smallest absolute Gasteiger partial charge is 0.231 e. The van der Waals surface area contributed by atoms with Crippen molar-refractivity contribution in [3.05, 3.63) is 65.5 Å². The molecular weight excluding hydrogens is 329 g/mol. The SMILES string of the molecule is O=C1Cc2ccccc2N1CCN1CCN(Cc2ccc(F)cc2)CC1. The van der Waals surface area contributed by atoms with Crippen molar-refractivity contribution in [2.75, 3.05) is 44.2 Å². The van der Waals surface area contributed by atoms with Crippen molar-refractivity contribution in [1.82, 2.24) is 9.80 Å². The molecule has 1 saturated heterocycles. The Balaban J connectivity index is 1.25. The van der Waals surface area contributed by atoms with Gasteiger partial charge in [0.25, 0.3) is 0 Å². The molecule has 26 heavy (non-hydrogen) atoms. The summed E-state index contributed by atoms with van der Waals surface area (Å²) < 4.78 is 13.0. The number of fused-ring (bicyclic) bond motifs is 1. The summed E-state index contributed by atoms with van der Waals surface area (Å²) >= 11 is 0. The average Bonchev–Trinajstić information content (AvgIpc) is 2.98. The number of halogens is 1. The number of benzene rings is 2. The first kappa shape index (κ1) is 17.2. The average molecular weight is 353 g/mol. The fourth-order valence-electron chi connectivity index (χ4n) is 3.82.